The second-order valence-electron chi connectivity index (χ2n) is 8.06. The van der Waals surface area contributed by atoms with Gasteiger partial charge in [0.15, 0.2) is 0 Å². The van der Waals surface area contributed by atoms with Crippen LogP contribution in [0.2, 0.25) is 5.02 Å². The quantitative estimate of drug-likeness (QED) is 0.857. The SMILES string of the molecule is CC(C)(C)NCc1ccc(C(=O)N2CCN(c3ccc(Cl)cc3)CC2)cc1. The largest absolute Gasteiger partial charge is 0.368 e. The fourth-order valence-electron chi connectivity index (χ4n) is 3.13. The summed E-state index contributed by atoms with van der Waals surface area (Å²) in [5.74, 6) is 0.112. The molecule has 0 spiro atoms. The monoisotopic (exact) mass is 385 g/mol. The minimum absolute atomic E-state index is 0.0816. The molecule has 0 radical (unpaired) electrons. The van der Waals surface area contributed by atoms with Crippen LogP contribution in [-0.2, 0) is 6.54 Å². The Labute approximate surface area is 167 Å². The van der Waals surface area contributed by atoms with Crippen molar-refractivity contribution in [2.24, 2.45) is 0 Å². The highest BCUT2D eigenvalue weighted by Crippen LogP contribution is 2.20. The number of halogens is 1. The molecule has 1 N–H and O–H groups in total. The third kappa shape index (κ3) is 5.47. The number of carbonyl (C=O) groups excluding carboxylic acids is 1. The fourth-order valence-corrected chi connectivity index (χ4v) is 3.26. The van der Waals surface area contributed by atoms with Crippen LogP contribution < -0.4 is 10.2 Å². The molecular formula is C22H28ClN3O. The smallest absolute Gasteiger partial charge is 0.253 e. The zero-order valence-electron chi connectivity index (χ0n) is 16.3. The van der Waals surface area contributed by atoms with E-state index in [2.05, 4.69) is 31.0 Å². The Balaban J connectivity index is 1.55. The number of amides is 1. The second kappa shape index (κ2) is 8.32. The zero-order valence-corrected chi connectivity index (χ0v) is 17.1. The minimum atomic E-state index is 0.0816. The summed E-state index contributed by atoms with van der Waals surface area (Å²) in [6.07, 6.45) is 0. The van der Waals surface area contributed by atoms with E-state index in [-0.39, 0.29) is 11.4 Å². The Morgan fingerprint density at radius 1 is 0.963 bits per heavy atom. The highest BCUT2D eigenvalue weighted by molar-refractivity contribution is 6.30. The van der Waals surface area contributed by atoms with Crippen LogP contribution in [0.25, 0.3) is 0 Å². The van der Waals surface area contributed by atoms with Gasteiger partial charge in [0.1, 0.15) is 0 Å². The molecule has 5 heteroatoms. The van der Waals surface area contributed by atoms with Crippen LogP contribution in [0, 0.1) is 0 Å². The van der Waals surface area contributed by atoms with Crippen LogP contribution >= 0.6 is 11.6 Å². The van der Waals surface area contributed by atoms with E-state index in [1.807, 2.05) is 53.4 Å². The fraction of sp³-hybridized carbons (Fsp3) is 0.409. The average Bonchev–Trinajstić information content (AvgIpc) is 2.66. The molecule has 2 aromatic carbocycles. The third-order valence-corrected chi connectivity index (χ3v) is 5.03. The highest BCUT2D eigenvalue weighted by Gasteiger charge is 2.22. The third-order valence-electron chi connectivity index (χ3n) is 4.78. The molecule has 1 heterocycles. The highest BCUT2D eigenvalue weighted by atomic mass is 35.5. The molecule has 0 aromatic heterocycles. The van der Waals surface area contributed by atoms with Crippen LogP contribution in [0.4, 0.5) is 5.69 Å². The molecule has 1 aliphatic rings. The van der Waals surface area contributed by atoms with Crippen molar-refractivity contribution in [2.45, 2.75) is 32.9 Å². The average molecular weight is 386 g/mol. The molecule has 1 saturated heterocycles. The van der Waals surface area contributed by atoms with Crippen molar-refractivity contribution in [2.75, 3.05) is 31.1 Å². The number of hydrogen-bond acceptors (Lipinski definition) is 3. The molecule has 144 valence electrons. The number of nitrogens with zero attached hydrogens (tertiary/aromatic N) is 2. The van der Waals surface area contributed by atoms with Crippen LogP contribution in [0.5, 0.6) is 0 Å². The molecule has 4 nitrogen and oxygen atoms in total. The van der Waals surface area contributed by atoms with Gasteiger partial charge in [0.2, 0.25) is 0 Å². The maximum Gasteiger partial charge on any atom is 0.253 e. The molecule has 0 saturated carbocycles. The Morgan fingerprint density at radius 3 is 2.11 bits per heavy atom. The summed E-state index contributed by atoms with van der Waals surface area (Å²) in [6.45, 7) is 10.4. The maximum absolute atomic E-state index is 12.8. The number of rotatable bonds is 4. The van der Waals surface area contributed by atoms with Gasteiger partial charge in [0.05, 0.1) is 0 Å². The predicted molar refractivity (Wildman–Crippen MR) is 113 cm³/mol. The van der Waals surface area contributed by atoms with E-state index in [4.69, 9.17) is 11.6 Å². The van der Waals surface area contributed by atoms with E-state index in [0.29, 0.717) is 0 Å². The number of anilines is 1. The standard InChI is InChI=1S/C22H28ClN3O/c1-22(2,3)24-16-17-4-6-18(7-5-17)21(27)26-14-12-25(13-15-26)20-10-8-19(23)9-11-20/h4-11,24H,12-16H2,1-3H3. The first-order valence-corrected chi connectivity index (χ1v) is 9.83. The summed E-state index contributed by atoms with van der Waals surface area (Å²) in [6, 6.07) is 15.8. The molecular weight excluding hydrogens is 358 g/mol. The van der Waals surface area contributed by atoms with E-state index in [9.17, 15) is 4.79 Å². The number of piperazine rings is 1. The normalized spacial score (nSPS) is 15.1. The van der Waals surface area contributed by atoms with Crippen molar-refractivity contribution in [3.63, 3.8) is 0 Å². The van der Waals surface area contributed by atoms with Gasteiger partial charge in [-0.05, 0) is 62.7 Å². The van der Waals surface area contributed by atoms with Gasteiger partial charge in [0, 0.05) is 54.5 Å². The van der Waals surface area contributed by atoms with E-state index in [1.54, 1.807) is 0 Å². The lowest BCUT2D eigenvalue weighted by Crippen LogP contribution is -2.48. The molecule has 1 amide bonds. The topological polar surface area (TPSA) is 35.6 Å². The molecule has 1 aliphatic heterocycles. The van der Waals surface area contributed by atoms with E-state index >= 15 is 0 Å². The molecule has 0 aliphatic carbocycles. The van der Waals surface area contributed by atoms with Gasteiger partial charge in [-0.3, -0.25) is 4.79 Å². The van der Waals surface area contributed by atoms with Crippen LogP contribution in [0.1, 0.15) is 36.7 Å². The van der Waals surface area contributed by atoms with Crippen LogP contribution in [0.15, 0.2) is 48.5 Å². The van der Waals surface area contributed by atoms with Crippen molar-refractivity contribution >= 4 is 23.2 Å². The van der Waals surface area contributed by atoms with Gasteiger partial charge in [-0.1, -0.05) is 23.7 Å². The summed E-state index contributed by atoms with van der Waals surface area (Å²) in [7, 11) is 0. The summed E-state index contributed by atoms with van der Waals surface area (Å²) in [5.41, 5.74) is 3.18. The lowest BCUT2D eigenvalue weighted by atomic mass is 10.1. The van der Waals surface area contributed by atoms with Crippen molar-refractivity contribution in [1.29, 1.82) is 0 Å². The first-order valence-electron chi connectivity index (χ1n) is 9.46. The summed E-state index contributed by atoms with van der Waals surface area (Å²) >= 11 is 5.96. The Hall–Kier alpha value is -2.04. The van der Waals surface area contributed by atoms with Gasteiger partial charge < -0.3 is 15.1 Å². The molecule has 0 bridgehead atoms. The Bertz CT molecular complexity index is 758. The number of hydrogen-bond donors (Lipinski definition) is 1. The number of benzene rings is 2. The first-order chi connectivity index (χ1) is 12.8. The van der Waals surface area contributed by atoms with Gasteiger partial charge >= 0.3 is 0 Å². The van der Waals surface area contributed by atoms with Crippen LogP contribution in [0.3, 0.4) is 0 Å². The zero-order chi connectivity index (χ0) is 19.4. The Kier molecular flexibility index (Phi) is 6.08. The predicted octanol–water partition coefficient (Wildman–Crippen LogP) is 4.19. The number of nitrogens with one attached hydrogen (secondary N) is 1. The molecule has 0 atom stereocenters. The van der Waals surface area contributed by atoms with Crippen molar-refractivity contribution in [1.82, 2.24) is 10.2 Å². The van der Waals surface area contributed by atoms with E-state index < -0.39 is 0 Å². The van der Waals surface area contributed by atoms with E-state index in [0.717, 1.165) is 49.0 Å². The summed E-state index contributed by atoms with van der Waals surface area (Å²) < 4.78 is 0. The first kappa shape index (κ1) is 19.7. The molecule has 27 heavy (non-hydrogen) atoms. The summed E-state index contributed by atoms with van der Waals surface area (Å²) in [4.78, 5) is 17.0. The van der Waals surface area contributed by atoms with Gasteiger partial charge in [-0.2, -0.15) is 0 Å². The van der Waals surface area contributed by atoms with Gasteiger partial charge in [0.25, 0.3) is 5.91 Å². The Morgan fingerprint density at radius 2 is 1.56 bits per heavy atom. The molecule has 2 aromatic rings. The van der Waals surface area contributed by atoms with Gasteiger partial charge in [-0.15, -0.1) is 0 Å². The lowest BCUT2D eigenvalue weighted by molar-refractivity contribution is 0.0747. The number of carbonyl (C=O) groups is 1. The van der Waals surface area contributed by atoms with Crippen molar-refractivity contribution in [3.05, 3.63) is 64.7 Å². The maximum atomic E-state index is 12.8. The van der Waals surface area contributed by atoms with Gasteiger partial charge in [-0.25, -0.2) is 0 Å². The molecule has 1 fully saturated rings. The molecule has 3 rings (SSSR count). The van der Waals surface area contributed by atoms with E-state index in [1.165, 1.54) is 5.56 Å². The van der Waals surface area contributed by atoms with Crippen molar-refractivity contribution < 1.29 is 4.79 Å². The second-order valence-corrected chi connectivity index (χ2v) is 8.49. The summed E-state index contributed by atoms with van der Waals surface area (Å²) in [5, 5.41) is 4.21. The lowest BCUT2D eigenvalue weighted by Gasteiger charge is -2.36. The van der Waals surface area contributed by atoms with Crippen molar-refractivity contribution in [3.8, 4) is 0 Å². The minimum Gasteiger partial charge on any atom is -0.368 e. The molecule has 0 unspecified atom stereocenters. The van der Waals surface area contributed by atoms with Crippen LogP contribution in [-0.4, -0.2) is 42.5 Å².